The molecule has 0 spiro atoms. The summed E-state index contributed by atoms with van der Waals surface area (Å²) in [5.74, 6) is -0.213. The van der Waals surface area contributed by atoms with Gasteiger partial charge in [0.15, 0.2) is 6.10 Å². The molecular weight excluding hydrogens is 420 g/mol. The van der Waals surface area contributed by atoms with Crippen LogP contribution in [0.15, 0.2) is 72.8 Å². The molecule has 2 saturated heterocycles. The molecule has 2 fully saturated rings. The van der Waals surface area contributed by atoms with Crippen LogP contribution in [-0.4, -0.2) is 32.1 Å². The number of fused-ring (bicyclic) bond motifs is 1. The van der Waals surface area contributed by atoms with E-state index in [4.69, 9.17) is 14.3 Å². The molecular formula is C26H24N2O5. The van der Waals surface area contributed by atoms with Crippen molar-refractivity contribution in [3.8, 4) is 11.5 Å². The Morgan fingerprint density at radius 1 is 0.818 bits per heavy atom. The molecule has 5 rings (SSSR count). The Bertz CT molecular complexity index is 1210. The Hall–Kier alpha value is -3.84. The van der Waals surface area contributed by atoms with Gasteiger partial charge in [0.2, 0.25) is 5.91 Å². The Labute approximate surface area is 192 Å². The van der Waals surface area contributed by atoms with Gasteiger partial charge in [-0.1, -0.05) is 30.3 Å². The van der Waals surface area contributed by atoms with Gasteiger partial charge in [-0.2, -0.15) is 0 Å². The van der Waals surface area contributed by atoms with Crippen LogP contribution in [0.4, 0.5) is 11.4 Å². The quantitative estimate of drug-likeness (QED) is 0.553. The number of carbonyl (C=O) groups is 2. The van der Waals surface area contributed by atoms with Gasteiger partial charge in [-0.25, -0.2) is 9.96 Å². The first-order valence-electron chi connectivity index (χ1n) is 10.7. The predicted molar refractivity (Wildman–Crippen MR) is 123 cm³/mol. The average Bonchev–Trinajstić information content (AvgIpc) is 3.35. The summed E-state index contributed by atoms with van der Waals surface area (Å²) in [5.41, 5.74) is 3.00. The van der Waals surface area contributed by atoms with Crippen LogP contribution in [0.25, 0.3) is 0 Å². The summed E-state index contributed by atoms with van der Waals surface area (Å²) in [6, 6.07) is 21.7. The summed E-state index contributed by atoms with van der Waals surface area (Å²) >= 11 is 0. The molecule has 2 heterocycles. The number of ether oxygens (including phenoxy) is 2. The summed E-state index contributed by atoms with van der Waals surface area (Å²) < 4.78 is 11.0. The Balaban J connectivity index is 1.62. The number of rotatable bonds is 5. The molecule has 3 atom stereocenters. The minimum Gasteiger partial charge on any atom is -0.497 e. The Morgan fingerprint density at radius 2 is 1.58 bits per heavy atom. The molecule has 3 aromatic carbocycles. The number of hydrogen-bond donors (Lipinski definition) is 0. The SMILES string of the molecule is COc1ccc([C@H]2[C@H]3C(=O)N(c4cccc(C)c4)C(=O)[C@@H]3ON2c2ccccc2)c(OC)c1. The van der Waals surface area contributed by atoms with Crippen molar-refractivity contribution in [3.63, 3.8) is 0 Å². The first-order valence-corrected chi connectivity index (χ1v) is 10.7. The molecule has 7 heteroatoms. The van der Waals surface area contributed by atoms with E-state index < -0.39 is 18.1 Å². The third-order valence-corrected chi connectivity index (χ3v) is 6.15. The molecule has 2 aliphatic rings. The zero-order valence-electron chi connectivity index (χ0n) is 18.6. The normalized spacial score (nSPS) is 22.0. The lowest BCUT2D eigenvalue weighted by Crippen LogP contribution is -2.37. The third-order valence-electron chi connectivity index (χ3n) is 6.15. The molecule has 0 radical (unpaired) electrons. The molecule has 0 saturated carbocycles. The van der Waals surface area contributed by atoms with E-state index in [0.717, 1.165) is 16.8 Å². The smallest absolute Gasteiger partial charge is 0.266 e. The second-order valence-electron chi connectivity index (χ2n) is 8.12. The predicted octanol–water partition coefficient (Wildman–Crippen LogP) is 4.06. The maximum Gasteiger partial charge on any atom is 0.266 e. The number of aryl methyl sites for hydroxylation is 1. The Morgan fingerprint density at radius 3 is 2.27 bits per heavy atom. The number of carbonyl (C=O) groups excluding carboxylic acids is 2. The fourth-order valence-corrected chi connectivity index (χ4v) is 4.61. The highest BCUT2D eigenvalue weighted by Crippen LogP contribution is 2.49. The lowest BCUT2D eigenvalue weighted by atomic mass is 9.90. The van der Waals surface area contributed by atoms with Gasteiger partial charge in [0.1, 0.15) is 17.4 Å². The fraction of sp³-hybridized carbons (Fsp3) is 0.231. The van der Waals surface area contributed by atoms with Gasteiger partial charge in [-0.15, -0.1) is 0 Å². The van der Waals surface area contributed by atoms with Crippen molar-refractivity contribution < 1.29 is 23.9 Å². The number of anilines is 2. The summed E-state index contributed by atoms with van der Waals surface area (Å²) in [4.78, 5) is 34.6. The second-order valence-corrected chi connectivity index (χ2v) is 8.12. The van der Waals surface area contributed by atoms with Crippen molar-refractivity contribution in [2.45, 2.75) is 19.1 Å². The van der Waals surface area contributed by atoms with Crippen LogP contribution in [0.1, 0.15) is 17.2 Å². The topological polar surface area (TPSA) is 68.3 Å². The second kappa shape index (κ2) is 8.26. The van der Waals surface area contributed by atoms with E-state index >= 15 is 0 Å². The van der Waals surface area contributed by atoms with E-state index in [1.165, 1.54) is 4.90 Å². The third kappa shape index (κ3) is 3.41. The molecule has 33 heavy (non-hydrogen) atoms. The Kier molecular flexibility index (Phi) is 5.26. The molecule has 2 amide bonds. The van der Waals surface area contributed by atoms with Crippen molar-refractivity contribution in [2.75, 3.05) is 24.2 Å². The van der Waals surface area contributed by atoms with Crippen molar-refractivity contribution in [3.05, 3.63) is 83.9 Å². The fourth-order valence-electron chi connectivity index (χ4n) is 4.61. The average molecular weight is 444 g/mol. The molecule has 0 bridgehead atoms. The van der Waals surface area contributed by atoms with Gasteiger partial charge < -0.3 is 9.47 Å². The van der Waals surface area contributed by atoms with E-state index in [0.29, 0.717) is 17.2 Å². The van der Waals surface area contributed by atoms with Gasteiger partial charge in [0.25, 0.3) is 5.91 Å². The van der Waals surface area contributed by atoms with Gasteiger partial charge in [0.05, 0.1) is 31.6 Å². The number of nitrogens with zero attached hydrogens (tertiary/aromatic N) is 2. The first-order chi connectivity index (χ1) is 16.0. The zero-order chi connectivity index (χ0) is 23.1. The van der Waals surface area contributed by atoms with Crippen molar-refractivity contribution in [2.24, 2.45) is 5.92 Å². The lowest BCUT2D eigenvalue weighted by molar-refractivity contribution is -0.126. The molecule has 0 N–H and O–H groups in total. The van der Waals surface area contributed by atoms with E-state index in [2.05, 4.69) is 0 Å². The van der Waals surface area contributed by atoms with Gasteiger partial charge in [-0.3, -0.25) is 14.4 Å². The monoisotopic (exact) mass is 444 g/mol. The number of hydroxylamine groups is 1. The number of imide groups is 1. The van der Waals surface area contributed by atoms with Crippen LogP contribution >= 0.6 is 0 Å². The highest BCUT2D eigenvalue weighted by atomic mass is 16.7. The van der Waals surface area contributed by atoms with Crippen molar-refractivity contribution >= 4 is 23.2 Å². The molecule has 168 valence electrons. The summed E-state index contributed by atoms with van der Waals surface area (Å²) in [6.45, 7) is 1.92. The van der Waals surface area contributed by atoms with Crippen LogP contribution in [0.5, 0.6) is 11.5 Å². The van der Waals surface area contributed by atoms with Crippen molar-refractivity contribution in [1.82, 2.24) is 0 Å². The highest BCUT2D eigenvalue weighted by molar-refractivity contribution is 6.24. The first kappa shape index (κ1) is 21.0. The molecule has 3 aromatic rings. The van der Waals surface area contributed by atoms with Crippen LogP contribution in [-0.2, 0) is 14.4 Å². The molecule has 0 aliphatic carbocycles. The largest absolute Gasteiger partial charge is 0.497 e. The minimum atomic E-state index is -0.935. The van der Waals surface area contributed by atoms with E-state index in [1.54, 1.807) is 31.4 Å². The number of para-hydroxylation sites is 1. The van der Waals surface area contributed by atoms with E-state index in [1.807, 2.05) is 67.6 Å². The van der Waals surface area contributed by atoms with Crippen LogP contribution in [0.3, 0.4) is 0 Å². The summed E-state index contributed by atoms with van der Waals surface area (Å²) in [7, 11) is 3.15. The number of amides is 2. The standard InChI is InChI=1S/C26H24N2O5/c1-16-8-7-11-18(14-16)27-25(29)22-23(20-13-12-19(31-2)15-21(20)32-3)28(33-24(22)26(27)30)17-9-5-4-6-10-17/h4-15,22-24H,1-3H3/t22-,23+,24-/m1/s1. The summed E-state index contributed by atoms with van der Waals surface area (Å²) in [5, 5.41) is 1.66. The van der Waals surface area contributed by atoms with E-state index in [-0.39, 0.29) is 11.8 Å². The highest BCUT2D eigenvalue weighted by Gasteiger charge is 2.60. The van der Waals surface area contributed by atoms with Crippen LogP contribution < -0.4 is 19.4 Å². The zero-order valence-corrected chi connectivity index (χ0v) is 18.6. The molecule has 0 unspecified atom stereocenters. The summed E-state index contributed by atoms with van der Waals surface area (Å²) in [6.07, 6.45) is -0.935. The van der Waals surface area contributed by atoms with Gasteiger partial charge in [-0.05, 0) is 48.9 Å². The minimum absolute atomic E-state index is 0.295. The molecule has 2 aliphatic heterocycles. The van der Waals surface area contributed by atoms with Gasteiger partial charge >= 0.3 is 0 Å². The van der Waals surface area contributed by atoms with Crippen LogP contribution in [0.2, 0.25) is 0 Å². The lowest BCUT2D eigenvalue weighted by Gasteiger charge is -2.29. The van der Waals surface area contributed by atoms with Gasteiger partial charge in [0, 0.05) is 11.6 Å². The van der Waals surface area contributed by atoms with E-state index in [9.17, 15) is 9.59 Å². The number of methoxy groups -OCH3 is 2. The maximum absolute atomic E-state index is 13.7. The van der Waals surface area contributed by atoms with Crippen LogP contribution in [0, 0.1) is 12.8 Å². The van der Waals surface area contributed by atoms with Crippen molar-refractivity contribution in [1.29, 1.82) is 0 Å². The number of benzene rings is 3. The molecule has 0 aromatic heterocycles. The number of hydrogen-bond acceptors (Lipinski definition) is 6. The molecule has 7 nitrogen and oxygen atoms in total. The maximum atomic E-state index is 13.7.